The number of hydrogen-bond acceptors (Lipinski definition) is 2. The maximum absolute atomic E-state index is 6.53. The van der Waals surface area contributed by atoms with Crippen LogP contribution in [0.1, 0.15) is 0 Å². The molecule has 0 atom stereocenters. The Morgan fingerprint density at radius 1 is 0.340 bits per heavy atom. The van der Waals surface area contributed by atoms with Crippen LogP contribution in [0.15, 0.2) is 192 Å². The fraction of sp³-hybridized carbons (Fsp3) is 0. The summed E-state index contributed by atoms with van der Waals surface area (Å²) < 4.78 is 6.53. The van der Waals surface area contributed by atoms with Gasteiger partial charge in [0.2, 0.25) is 0 Å². The van der Waals surface area contributed by atoms with Gasteiger partial charge in [0.05, 0.1) is 11.1 Å². The van der Waals surface area contributed by atoms with Crippen molar-refractivity contribution in [3.63, 3.8) is 0 Å². The summed E-state index contributed by atoms with van der Waals surface area (Å²) in [6.07, 6.45) is 0. The van der Waals surface area contributed by atoms with Gasteiger partial charge in [0.1, 0.15) is 11.2 Å². The number of nitrogens with zero attached hydrogens (tertiary/aromatic N) is 1. The highest BCUT2D eigenvalue weighted by molar-refractivity contribution is 6.21. The Morgan fingerprint density at radius 3 is 1.38 bits per heavy atom. The first-order chi connectivity index (χ1) is 24.8. The number of benzene rings is 9. The van der Waals surface area contributed by atoms with Crippen LogP contribution in [0.3, 0.4) is 0 Å². The average molecular weight is 638 g/mol. The van der Waals surface area contributed by atoms with E-state index in [-0.39, 0.29) is 0 Å². The van der Waals surface area contributed by atoms with Crippen LogP contribution in [0.25, 0.3) is 76.5 Å². The first-order valence-electron chi connectivity index (χ1n) is 17.1. The fourth-order valence-corrected chi connectivity index (χ4v) is 7.70. The van der Waals surface area contributed by atoms with Crippen LogP contribution < -0.4 is 4.90 Å². The highest BCUT2D eigenvalue weighted by Gasteiger charge is 2.23. The van der Waals surface area contributed by atoms with E-state index in [4.69, 9.17) is 4.42 Å². The van der Waals surface area contributed by atoms with Gasteiger partial charge in [0.15, 0.2) is 0 Å². The monoisotopic (exact) mass is 637 g/mol. The number of para-hydroxylation sites is 1. The van der Waals surface area contributed by atoms with E-state index in [2.05, 4.69) is 187 Å². The third kappa shape index (κ3) is 4.57. The number of fused-ring (bicyclic) bond motifs is 6. The molecule has 0 spiro atoms. The molecule has 9 aromatic carbocycles. The van der Waals surface area contributed by atoms with E-state index in [0.717, 1.165) is 44.4 Å². The quantitative estimate of drug-likeness (QED) is 0.187. The van der Waals surface area contributed by atoms with Gasteiger partial charge in [0, 0.05) is 22.1 Å². The Labute approximate surface area is 290 Å². The second-order valence-corrected chi connectivity index (χ2v) is 12.9. The molecule has 0 aliphatic heterocycles. The average Bonchev–Trinajstić information content (AvgIpc) is 3.56. The standard InChI is InChI=1S/C48H31NO/c1-4-16-39-32(11-1)14-9-20-41(39)34-23-27-37(28-24-34)49(38-29-25-35(26-30-38)42-21-10-15-33-12-2-5-17-40(33)42)48-43-18-6-3-13-36(43)31-46-47(48)44-19-7-8-22-45(44)50-46/h1-31H. The van der Waals surface area contributed by atoms with E-state index < -0.39 is 0 Å². The number of furan rings is 1. The SMILES string of the molecule is c1ccc2c(-c3ccc(N(c4ccc(-c5cccc6ccccc56)cc4)c4c5ccccc5cc5oc6ccccc6c45)cc3)cccc2c1. The Balaban J connectivity index is 1.20. The number of rotatable bonds is 5. The normalized spacial score (nSPS) is 11.6. The third-order valence-corrected chi connectivity index (χ3v) is 10.0. The summed E-state index contributed by atoms with van der Waals surface area (Å²) >= 11 is 0. The fourth-order valence-electron chi connectivity index (χ4n) is 7.70. The molecule has 234 valence electrons. The second kappa shape index (κ2) is 11.5. The van der Waals surface area contributed by atoms with Crippen LogP contribution in [0, 0.1) is 0 Å². The van der Waals surface area contributed by atoms with Crippen molar-refractivity contribution in [1.82, 2.24) is 0 Å². The van der Waals surface area contributed by atoms with E-state index in [9.17, 15) is 0 Å². The van der Waals surface area contributed by atoms with E-state index in [0.29, 0.717) is 0 Å². The molecule has 10 aromatic rings. The minimum atomic E-state index is 0.879. The van der Waals surface area contributed by atoms with E-state index in [1.54, 1.807) is 0 Å². The molecule has 0 saturated heterocycles. The molecule has 10 rings (SSSR count). The second-order valence-electron chi connectivity index (χ2n) is 12.9. The summed E-state index contributed by atoms with van der Waals surface area (Å²) in [5, 5.41) is 9.51. The van der Waals surface area contributed by atoms with Gasteiger partial charge in [-0.25, -0.2) is 0 Å². The van der Waals surface area contributed by atoms with Gasteiger partial charge in [-0.05, 0) is 85.6 Å². The summed E-state index contributed by atoms with van der Waals surface area (Å²) in [6, 6.07) is 67.5. The molecule has 0 unspecified atom stereocenters. The topological polar surface area (TPSA) is 16.4 Å². The molecule has 1 heterocycles. The van der Waals surface area contributed by atoms with Crippen LogP contribution in [-0.2, 0) is 0 Å². The van der Waals surface area contributed by atoms with Crippen LogP contribution in [-0.4, -0.2) is 0 Å². The first kappa shape index (κ1) is 28.4. The van der Waals surface area contributed by atoms with Gasteiger partial charge in [-0.2, -0.15) is 0 Å². The van der Waals surface area contributed by atoms with Gasteiger partial charge in [-0.3, -0.25) is 0 Å². The van der Waals surface area contributed by atoms with Gasteiger partial charge in [0.25, 0.3) is 0 Å². The van der Waals surface area contributed by atoms with E-state index in [1.165, 1.54) is 49.2 Å². The van der Waals surface area contributed by atoms with Crippen molar-refractivity contribution in [1.29, 1.82) is 0 Å². The summed E-state index contributed by atoms with van der Waals surface area (Å²) in [4.78, 5) is 2.41. The highest BCUT2D eigenvalue weighted by atomic mass is 16.3. The molecular weight excluding hydrogens is 607 g/mol. The summed E-state index contributed by atoms with van der Waals surface area (Å²) in [6.45, 7) is 0. The van der Waals surface area contributed by atoms with Gasteiger partial charge < -0.3 is 9.32 Å². The van der Waals surface area contributed by atoms with Crippen molar-refractivity contribution < 1.29 is 4.42 Å². The maximum atomic E-state index is 6.53. The molecule has 0 N–H and O–H groups in total. The van der Waals surface area contributed by atoms with Crippen molar-refractivity contribution in [2.24, 2.45) is 0 Å². The van der Waals surface area contributed by atoms with Crippen molar-refractivity contribution in [2.75, 3.05) is 4.90 Å². The lowest BCUT2D eigenvalue weighted by Gasteiger charge is -2.28. The molecule has 0 bridgehead atoms. The van der Waals surface area contributed by atoms with Gasteiger partial charge in [-0.15, -0.1) is 0 Å². The predicted octanol–water partition coefficient (Wildman–Crippen LogP) is 13.8. The number of anilines is 3. The Kier molecular flexibility index (Phi) is 6.53. The van der Waals surface area contributed by atoms with Crippen LogP contribution in [0.2, 0.25) is 0 Å². The Morgan fingerprint density at radius 2 is 0.800 bits per heavy atom. The minimum Gasteiger partial charge on any atom is -0.456 e. The Bertz CT molecular complexity index is 2730. The summed E-state index contributed by atoms with van der Waals surface area (Å²) in [5.41, 5.74) is 9.87. The zero-order valence-electron chi connectivity index (χ0n) is 27.3. The minimum absolute atomic E-state index is 0.879. The molecule has 0 aliphatic rings. The molecular formula is C48H31NO. The molecule has 0 saturated carbocycles. The Hall–Kier alpha value is -6.64. The maximum Gasteiger partial charge on any atom is 0.138 e. The molecule has 2 heteroatoms. The largest absolute Gasteiger partial charge is 0.456 e. The van der Waals surface area contributed by atoms with Crippen LogP contribution in [0.4, 0.5) is 17.1 Å². The van der Waals surface area contributed by atoms with Crippen molar-refractivity contribution in [3.8, 4) is 22.3 Å². The van der Waals surface area contributed by atoms with E-state index >= 15 is 0 Å². The molecule has 0 amide bonds. The zero-order valence-corrected chi connectivity index (χ0v) is 27.3. The summed E-state index contributed by atoms with van der Waals surface area (Å²) in [5.74, 6) is 0. The molecule has 50 heavy (non-hydrogen) atoms. The molecule has 1 aromatic heterocycles. The van der Waals surface area contributed by atoms with Crippen molar-refractivity contribution in [2.45, 2.75) is 0 Å². The van der Waals surface area contributed by atoms with E-state index in [1.807, 2.05) is 6.07 Å². The third-order valence-electron chi connectivity index (χ3n) is 10.0. The van der Waals surface area contributed by atoms with Gasteiger partial charge >= 0.3 is 0 Å². The molecule has 0 fully saturated rings. The highest BCUT2D eigenvalue weighted by Crippen LogP contribution is 2.47. The van der Waals surface area contributed by atoms with Gasteiger partial charge in [-0.1, -0.05) is 152 Å². The molecule has 0 aliphatic carbocycles. The predicted molar refractivity (Wildman–Crippen MR) is 212 cm³/mol. The molecule has 2 nitrogen and oxygen atoms in total. The van der Waals surface area contributed by atoms with Crippen LogP contribution >= 0.6 is 0 Å². The summed E-state index contributed by atoms with van der Waals surface area (Å²) in [7, 11) is 0. The lowest BCUT2D eigenvalue weighted by atomic mass is 9.96. The number of hydrogen-bond donors (Lipinski definition) is 0. The first-order valence-corrected chi connectivity index (χ1v) is 17.1. The smallest absolute Gasteiger partial charge is 0.138 e. The molecule has 0 radical (unpaired) electrons. The van der Waals surface area contributed by atoms with Crippen molar-refractivity contribution in [3.05, 3.63) is 188 Å². The lowest BCUT2D eigenvalue weighted by Crippen LogP contribution is -2.11. The zero-order chi connectivity index (χ0) is 33.0. The van der Waals surface area contributed by atoms with Crippen LogP contribution in [0.5, 0.6) is 0 Å². The lowest BCUT2D eigenvalue weighted by molar-refractivity contribution is 0.669. The van der Waals surface area contributed by atoms with Crippen molar-refractivity contribution >= 4 is 71.3 Å².